The van der Waals surface area contributed by atoms with Crippen LogP contribution in [0.2, 0.25) is 0 Å². The Balaban J connectivity index is 0.00000272. The van der Waals surface area contributed by atoms with Crippen molar-refractivity contribution in [1.82, 2.24) is 25.4 Å². The second-order valence-corrected chi connectivity index (χ2v) is 9.29. The lowest BCUT2D eigenvalue weighted by molar-refractivity contribution is 0.460. The van der Waals surface area contributed by atoms with Crippen LogP contribution in [0.3, 0.4) is 0 Å². The van der Waals surface area contributed by atoms with Gasteiger partial charge < -0.3 is 15.2 Å². The van der Waals surface area contributed by atoms with Crippen LogP contribution < -0.4 is 10.6 Å². The molecule has 8 heteroatoms. The summed E-state index contributed by atoms with van der Waals surface area (Å²) in [7, 11) is 1.85. The lowest BCUT2D eigenvalue weighted by Gasteiger charge is -2.19. The number of halogens is 1. The highest BCUT2D eigenvalue weighted by molar-refractivity contribution is 14.0. The van der Waals surface area contributed by atoms with Crippen molar-refractivity contribution in [2.75, 3.05) is 26.4 Å². The topological polar surface area (TPSA) is 67.1 Å². The molecule has 1 aromatic heterocycles. The van der Waals surface area contributed by atoms with E-state index in [-0.39, 0.29) is 29.4 Å². The van der Waals surface area contributed by atoms with Gasteiger partial charge in [-0.3, -0.25) is 4.99 Å². The van der Waals surface area contributed by atoms with Gasteiger partial charge in [-0.25, -0.2) is 0 Å². The molecular formula is C23H35IN6S. The quantitative estimate of drug-likeness (QED) is 0.156. The smallest absolute Gasteiger partial charge is 0.191 e. The molecule has 2 aliphatic rings. The van der Waals surface area contributed by atoms with Gasteiger partial charge in [-0.15, -0.1) is 34.2 Å². The van der Waals surface area contributed by atoms with E-state index in [0.717, 1.165) is 42.9 Å². The molecule has 2 saturated carbocycles. The molecule has 0 unspecified atom stereocenters. The van der Waals surface area contributed by atoms with Crippen LogP contribution in [0.25, 0.3) is 0 Å². The van der Waals surface area contributed by atoms with Crippen molar-refractivity contribution in [1.29, 1.82) is 0 Å². The minimum atomic E-state index is 0. The maximum atomic E-state index is 4.50. The zero-order valence-corrected chi connectivity index (χ0v) is 21.8. The van der Waals surface area contributed by atoms with E-state index in [9.17, 15) is 0 Å². The maximum Gasteiger partial charge on any atom is 0.191 e. The Bertz CT molecular complexity index is 843. The Kier molecular flexibility index (Phi) is 9.06. The molecule has 0 saturated heterocycles. The lowest BCUT2D eigenvalue weighted by atomic mass is 9.96. The first kappa shape index (κ1) is 24.4. The third kappa shape index (κ3) is 5.94. The van der Waals surface area contributed by atoms with Gasteiger partial charge in [0.2, 0.25) is 0 Å². The summed E-state index contributed by atoms with van der Waals surface area (Å²) in [6.45, 7) is 1.81. The van der Waals surface area contributed by atoms with Crippen LogP contribution in [0.4, 0.5) is 0 Å². The van der Waals surface area contributed by atoms with Gasteiger partial charge in [-0.05, 0) is 43.9 Å². The molecule has 1 heterocycles. The third-order valence-corrected chi connectivity index (χ3v) is 7.18. The summed E-state index contributed by atoms with van der Waals surface area (Å²) in [6, 6.07) is 11.4. The summed E-state index contributed by atoms with van der Waals surface area (Å²) in [5.74, 6) is 2.02. The van der Waals surface area contributed by atoms with Gasteiger partial charge >= 0.3 is 0 Å². The van der Waals surface area contributed by atoms with Crippen molar-refractivity contribution in [3.05, 3.63) is 41.7 Å². The van der Waals surface area contributed by atoms with Gasteiger partial charge in [-0.2, -0.15) is 0 Å². The number of hydrogen-bond acceptors (Lipinski definition) is 4. The van der Waals surface area contributed by atoms with Crippen LogP contribution in [-0.2, 0) is 11.8 Å². The number of aromatic nitrogens is 3. The van der Waals surface area contributed by atoms with Crippen LogP contribution in [0.1, 0.15) is 62.4 Å². The summed E-state index contributed by atoms with van der Waals surface area (Å²) >= 11 is 1.71. The summed E-state index contributed by atoms with van der Waals surface area (Å²) < 4.78 is 2.40. The number of aryl methyl sites for hydroxylation is 1. The highest BCUT2D eigenvalue weighted by Gasteiger charge is 2.44. The van der Waals surface area contributed by atoms with Crippen LogP contribution in [0.5, 0.6) is 0 Å². The fraction of sp³-hybridized carbons (Fsp3) is 0.609. The fourth-order valence-electron chi connectivity index (χ4n) is 4.58. The van der Waals surface area contributed by atoms with Crippen molar-refractivity contribution in [2.24, 2.45) is 4.99 Å². The minimum Gasteiger partial charge on any atom is -0.356 e. The van der Waals surface area contributed by atoms with Gasteiger partial charge in [0.15, 0.2) is 11.1 Å². The normalized spacial score (nSPS) is 17.9. The molecule has 0 amide bonds. The predicted molar refractivity (Wildman–Crippen MR) is 140 cm³/mol. The number of aliphatic imine (C=N–C) groups is 1. The summed E-state index contributed by atoms with van der Waals surface area (Å²) in [6.07, 6.45) is 11.7. The monoisotopic (exact) mass is 554 g/mol. The van der Waals surface area contributed by atoms with E-state index in [0.29, 0.717) is 6.04 Å². The molecule has 2 N–H and O–H groups in total. The number of rotatable bonds is 9. The Hall–Kier alpha value is -1.29. The van der Waals surface area contributed by atoms with Crippen LogP contribution >= 0.6 is 35.7 Å². The first-order valence-electron chi connectivity index (χ1n) is 11.2. The summed E-state index contributed by atoms with van der Waals surface area (Å²) in [5.41, 5.74) is 1.72. The van der Waals surface area contributed by atoms with E-state index in [1.54, 1.807) is 11.8 Å². The molecule has 170 valence electrons. The van der Waals surface area contributed by atoms with Crippen molar-refractivity contribution < 1.29 is 0 Å². The number of benzene rings is 1. The van der Waals surface area contributed by atoms with E-state index in [1.807, 2.05) is 7.05 Å². The van der Waals surface area contributed by atoms with E-state index < -0.39 is 0 Å². The van der Waals surface area contributed by atoms with E-state index in [4.69, 9.17) is 0 Å². The van der Waals surface area contributed by atoms with Crippen molar-refractivity contribution in [3.8, 4) is 0 Å². The van der Waals surface area contributed by atoms with Crippen molar-refractivity contribution in [2.45, 2.75) is 68.0 Å². The first-order valence-corrected chi connectivity index (χ1v) is 12.5. The molecule has 31 heavy (non-hydrogen) atoms. The second kappa shape index (κ2) is 11.5. The minimum absolute atomic E-state index is 0. The standard InChI is InChI=1S/C23H34N6S.HI/c1-24-21(26-17-23(14-15-23)18-9-4-3-5-10-18)25-16-8-13-20-27-28-22(30-2)29(20)19-11-6-7-12-19;/h3-5,9-10,19H,6-8,11-17H2,1-2H3,(H2,24,25,26);1H. The molecule has 2 aliphatic carbocycles. The highest BCUT2D eigenvalue weighted by atomic mass is 127. The molecule has 0 radical (unpaired) electrons. The molecule has 2 fully saturated rings. The van der Waals surface area contributed by atoms with Gasteiger partial charge in [0.25, 0.3) is 0 Å². The first-order chi connectivity index (χ1) is 14.8. The van der Waals surface area contributed by atoms with Crippen LogP contribution in [-0.4, -0.2) is 47.1 Å². The maximum absolute atomic E-state index is 4.50. The van der Waals surface area contributed by atoms with E-state index >= 15 is 0 Å². The number of nitrogens with one attached hydrogen (secondary N) is 2. The Morgan fingerprint density at radius 3 is 2.55 bits per heavy atom. The Morgan fingerprint density at radius 1 is 1.16 bits per heavy atom. The highest BCUT2D eigenvalue weighted by Crippen LogP contribution is 2.47. The molecule has 1 aromatic carbocycles. The van der Waals surface area contributed by atoms with Gasteiger partial charge in [-0.1, -0.05) is 54.9 Å². The molecule has 0 atom stereocenters. The van der Waals surface area contributed by atoms with Gasteiger partial charge in [0.05, 0.1) is 0 Å². The average Bonchev–Trinajstić information content (AvgIpc) is 3.19. The van der Waals surface area contributed by atoms with Crippen molar-refractivity contribution >= 4 is 41.7 Å². The van der Waals surface area contributed by atoms with E-state index in [2.05, 4.69) is 67.0 Å². The molecule has 6 nitrogen and oxygen atoms in total. The summed E-state index contributed by atoms with van der Waals surface area (Å²) in [5, 5.41) is 17.0. The molecule has 4 rings (SSSR count). The number of hydrogen-bond donors (Lipinski definition) is 2. The second-order valence-electron chi connectivity index (χ2n) is 8.51. The largest absolute Gasteiger partial charge is 0.356 e. The number of guanidine groups is 1. The Morgan fingerprint density at radius 2 is 1.90 bits per heavy atom. The number of thioether (sulfide) groups is 1. The van der Waals surface area contributed by atoms with Crippen LogP contribution in [0, 0.1) is 0 Å². The Labute approximate surface area is 207 Å². The van der Waals surface area contributed by atoms with E-state index in [1.165, 1.54) is 44.1 Å². The SMILES string of the molecule is CN=C(NCCCc1nnc(SC)n1C1CCCC1)NCC1(c2ccccc2)CC1.I. The fourth-order valence-corrected chi connectivity index (χ4v) is 5.16. The zero-order chi connectivity index (χ0) is 20.8. The lowest BCUT2D eigenvalue weighted by Crippen LogP contribution is -2.41. The summed E-state index contributed by atoms with van der Waals surface area (Å²) in [4.78, 5) is 4.41. The zero-order valence-electron chi connectivity index (χ0n) is 18.6. The third-order valence-electron chi connectivity index (χ3n) is 6.53. The molecule has 2 aromatic rings. The molecule has 0 aliphatic heterocycles. The molecular weight excluding hydrogens is 519 g/mol. The van der Waals surface area contributed by atoms with Gasteiger partial charge in [0.1, 0.15) is 5.82 Å². The average molecular weight is 555 g/mol. The van der Waals surface area contributed by atoms with Crippen molar-refractivity contribution in [3.63, 3.8) is 0 Å². The van der Waals surface area contributed by atoms with Crippen LogP contribution in [0.15, 0.2) is 40.5 Å². The van der Waals surface area contributed by atoms with Gasteiger partial charge in [0, 0.05) is 38.0 Å². The number of nitrogens with zero attached hydrogens (tertiary/aromatic N) is 4. The molecule has 0 bridgehead atoms. The molecule has 0 spiro atoms. The predicted octanol–water partition coefficient (Wildman–Crippen LogP) is 4.56.